The molecular formula is C24H34O2. The first kappa shape index (κ1) is 20.4. The fourth-order valence-corrected chi connectivity index (χ4v) is 4.59. The topological polar surface area (TPSA) is 29.5 Å². The standard InChI is InChI=1S/C24H34O2/c1-10-18-15(6)23(25)14(5)13(4)21(18)22-19(11-2)16(7)24(26-9)17(8)20(22)12-3/h25H,10-12H2,1-9H3. The Bertz CT molecular complexity index is 814. The van der Waals surface area contributed by atoms with E-state index in [1.165, 1.54) is 44.5 Å². The van der Waals surface area contributed by atoms with Gasteiger partial charge in [0.1, 0.15) is 11.5 Å². The van der Waals surface area contributed by atoms with Crippen molar-refractivity contribution >= 4 is 0 Å². The molecule has 0 aromatic heterocycles. The third kappa shape index (κ3) is 2.90. The van der Waals surface area contributed by atoms with Crippen molar-refractivity contribution in [1.82, 2.24) is 0 Å². The second kappa shape index (κ2) is 7.73. The summed E-state index contributed by atoms with van der Waals surface area (Å²) in [6, 6.07) is 0. The van der Waals surface area contributed by atoms with Gasteiger partial charge in [-0.05, 0) is 110 Å². The molecule has 0 atom stereocenters. The van der Waals surface area contributed by atoms with Crippen molar-refractivity contribution in [3.63, 3.8) is 0 Å². The van der Waals surface area contributed by atoms with Crippen LogP contribution in [0.25, 0.3) is 11.1 Å². The quantitative estimate of drug-likeness (QED) is 0.683. The van der Waals surface area contributed by atoms with Crippen LogP contribution in [0.15, 0.2) is 0 Å². The number of hydrogen-bond acceptors (Lipinski definition) is 2. The van der Waals surface area contributed by atoms with Gasteiger partial charge in [0.05, 0.1) is 7.11 Å². The molecule has 0 amide bonds. The minimum absolute atomic E-state index is 0.446. The number of hydrogen-bond donors (Lipinski definition) is 1. The maximum Gasteiger partial charge on any atom is 0.125 e. The van der Waals surface area contributed by atoms with Crippen LogP contribution in [0, 0.1) is 34.6 Å². The molecule has 1 N–H and O–H groups in total. The molecule has 26 heavy (non-hydrogen) atoms. The summed E-state index contributed by atoms with van der Waals surface area (Å²) in [5, 5.41) is 10.6. The lowest BCUT2D eigenvalue weighted by Gasteiger charge is -2.27. The monoisotopic (exact) mass is 354 g/mol. The van der Waals surface area contributed by atoms with Gasteiger partial charge in [-0.3, -0.25) is 0 Å². The van der Waals surface area contributed by atoms with Gasteiger partial charge >= 0.3 is 0 Å². The Labute approximate surface area is 159 Å². The first-order chi connectivity index (χ1) is 12.3. The van der Waals surface area contributed by atoms with Crippen LogP contribution < -0.4 is 4.74 Å². The fraction of sp³-hybridized carbons (Fsp3) is 0.500. The van der Waals surface area contributed by atoms with Crippen molar-refractivity contribution in [2.45, 2.75) is 74.7 Å². The van der Waals surface area contributed by atoms with Crippen LogP contribution in [0.4, 0.5) is 0 Å². The Kier molecular flexibility index (Phi) is 6.05. The molecule has 0 saturated heterocycles. The second-order valence-corrected chi connectivity index (χ2v) is 7.25. The number of rotatable bonds is 5. The van der Waals surface area contributed by atoms with Crippen LogP contribution in [0.2, 0.25) is 0 Å². The second-order valence-electron chi connectivity index (χ2n) is 7.25. The predicted octanol–water partition coefficient (Wildman–Crippen LogP) is 6.30. The van der Waals surface area contributed by atoms with E-state index in [4.69, 9.17) is 4.74 Å². The zero-order valence-corrected chi connectivity index (χ0v) is 18.0. The zero-order chi connectivity index (χ0) is 19.8. The van der Waals surface area contributed by atoms with Gasteiger partial charge in [0.2, 0.25) is 0 Å². The van der Waals surface area contributed by atoms with Gasteiger partial charge < -0.3 is 9.84 Å². The van der Waals surface area contributed by atoms with E-state index in [0.717, 1.165) is 36.1 Å². The molecule has 0 unspecified atom stereocenters. The van der Waals surface area contributed by atoms with Gasteiger partial charge in [0, 0.05) is 0 Å². The number of methoxy groups -OCH3 is 1. The van der Waals surface area contributed by atoms with E-state index < -0.39 is 0 Å². The first-order valence-electron chi connectivity index (χ1n) is 9.77. The minimum atomic E-state index is 0.446. The van der Waals surface area contributed by atoms with Gasteiger partial charge in [0.15, 0.2) is 0 Å². The maximum absolute atomic E-state index is 10.6. The first-order valence-corrected chi connectivity index (χ1v) is 9.77. The summed E-state index contributed by atoms with van der Waals surface area (Å²) in [4.78, 5) is 0. The lowest BCUT2D eigenvalue weighted by atomic mass is 9.79. The number of phenolic OH excluding ortho intramolecular Hbond substituents is 1. The Morgan fingerprint density at radius 2 is 1.04 bits per heavy atom. The van der Waals surface area contributed by atoms with Gasteiger partial charge in [-0.25, -0.2) is 0 Å². The summed E-state index contributed by atoms with van der Waals surface area (Å²) in [5.74, 6) is 1.46. The highest BCUT2D eigenvalue weighted by molar-refractivity contribution is 5.83. The molecule has 2 aromatic carbocycles. The Morgan fingerprint density at radius 3 is 1.42 bits per heavy atom. The summed E-state index contributed by atoms with van der Waals surface area (Å²) in [5.41, 5.74) is 12.4. The van der Waals surface area contributed by atoms with Gasteiger partial charge in [-0.2, -0.15) is 0 Å². The molecule has 2 nitrogen and oxygen atoms in total. The SMILES string of the molecule is CCc1c(C)c(O)c(C)c(C)c1-c1c(CC)c(C)c(OC)c(C)c1CC. The third-order valence-electron chi connectivity index (χ3n) is 6.11. The molecule has 142 valence electrons. The normalized spacial score (nSPS) is 11.1. The summed E-state index contributed by atoms with van der Waals surface area (Å²) in [6.07, 6.45) is 2.84. The summed E-state index contributed by atoms with van der Waals surface area (Å²) < 4.78 is 5.76. The number of phenols is 1. The molecular weight excluding hydrogens is 320 g/mol. The largest absolute Gasteiger partial charge is 0.507 e. The van der Waals surface area contributed by atoms with Crippen LogP contribution in [0.1, 0.15) is 65.3 Å². The maximum atomic E-state index is 10.6. The summed E-state index contributed by atoms with van der Waals surface area (Å²) in [7, 11) is 1.77. The van der Waals surface area contributed by atoms with E-state index in [0.29, 0.717) is 5.75 Å². The molecule has 0 fully saturated rings. The number of ether oxygens (including phenoxy) is 1. The van der Waals surface area contributed by atoms with E-state index in [9.17, 15) is 5.11 Å². The van der Waals surface area contributed by atoms with Crippen molar-refractivity contribution < 1.29 is 9.84 Å². The molecule has 0 aliphatic heterocycles. The van der Waals surface area contributed by atoms with Gasteiger partial charge in [-0.1, -0.05) is 20.8 Å². The average Bonchev–Trinajstić information content (AvgIpc) is 2.63. The zero-order valence-electron chi connectivity index (χ0n) is 18.0. The van der Waals surface area contributed by atoms with Crippen LogP contribution >= 0.6 is 0 Å². The van der Waals surface area contributed by atoms with Crippen molar-refractivity contribution in [1.29, 1.82) is 0 Å². The summed E-state index contributed by atoms with van der Waals surface area (Å²) >= 11 is 0. The molecule has 0 aliphatic carbocycles. The molecule has 0 spiro atoms. The van der Waals surface area contributed by atoms with Gasteiger partial charge in [0.25, 0.3) is 0 Å². The van der Waals surface area contributed by atoms with Crippen molar-refractivity contribution in [3.05, 3.63) is 44.5 Å². The Balaban J connectivity index is 3.12. The Morgan fingerprint density at radius 1 is 0.615 bits per heavy atom. The molecule has 0 bridgehead atoms. The predicted molar refractivity (Wildman–Crippen MR) is 112 cm³/mol. The fourth-order valence-electron chi connectivity index (χ4n) is 4.59. The van der Waals surface area contributed by atoms with E-state index in [2.05, 4.69) is 41.5 Å². The highest BCUT2D eigenvalue weighted by Crippen LogP contribution is 2.45. The molecule has 0 radical (unpaired) electrons. The number of benzene rings is 2. The van der Waals surface area contributed by atoms with Crippen molar-refractivity contribution in [2.24, 2.45) is 0 Å². The highest BCUT2D eigenvalue weighted by Gasteiger charge is 2.25. The number of aromatic hydroxyl groups is 1. The minimum Gasteiger partial charge on any atom is -0.507 e. The van der Waals surface area contributed by atoms with Crippen LogP contribution in [-0.4, -0.2) is 12.2 Å². The molecule has 0 saturated carbocycles. The van der Waals surface area contributed by atoms with Crippen LogP contribution in [-0.2, 0) is 19.3 Å². The lowest BCUT2D eigenvalue weighted by molar-refractivity contribution is 0.407. The van der Waals surface area contributed by atoms with E-state index in [1.54, 1.807) is 7.11 Å². The van der Waals surface area contributed by atoms with E-state index >= 15 is 0 Å². The lowest BCUT2D eigenvalue weighted by Crippen LogP contribution is -2.08. The smallest absolute Gasteiger partial charge is 0.125 e. The Hall–Kier alpha value is -1.96. The van der Waals surface area contributed by atoms with Gasteiger partial charge in [-0.15, -0.1) is 0 Å². The van der Waals surface area contributed by atoms with Crippen molar-refractivity contribution in [3.8, 4) is 22.6 Å². The molecule has 2 aromatic rings. The molecule has 2 heteroatoms. The van der Waals surface area contributed by atoms with Crippen molar-refractivity contribution in [2.75, 3.05) is 7.11 Å². The molecule has 2 rings (SSSR count). The average molecular weight is 355 g/mol. The molecule has 0 heterocycles. The highest BCUT2D eigenvalue weighted by atomic mass is 16.5. The van der Waals surface area contributed by atoms with E-state index in [1.807, 2.05) is 13.8 Å². The van der Waals surface area contributed by atoms with Crippen LogP contribution in [0.5, 0.6) is 11.5 Å². The van der Waals surface area contributed by atoms with Crippen LogP contribution in [0.3, 0.4) is 0 Å². The molecule has 0 aliphatic rings. The van der Waals surface area contributed by atoms with E-state index in [-0.39, 0.29) is 0 Å². The summed E-state index contributed by atoms with van der Waals surface area (Å²) in [6.45, 7) is 17.2. The third-order valence-corrected chi connectivity index (χ3v) is 6.11.